The summed E-state index contributed by atoms with van der Waals surface area (Å²) in [6.07, 6.45) is 3.04. The van der Waals surface area contributed by atoms with Gasteiger partial charge in [-0.1, -0.05) is 27.2 Å². The van der Waals surface area contributed by atoms with Crippen molar-refractivity contribution in [2.24, 2.45) is 17.8 Å². The molecule has 0 unspecified atom stereocenters. The van der Waals surface area contributed by atoms with Gasteiger partial charge < -0.3 is 4.74 Å². The van der Waals surface area contributed by atoms with Crippen molar-refractivity contribution < 1.29 is 14.5 Å². The molecule has 24 heavy (non-hydrogen) atoms. The number of nitro groups is 1. The first-order chi connectivity index (χ1) is 11.2. The number of esters is 1. The first-order valence-electron chi connectivity index (χ1n) is 8.58. The maximum absolute atomic E-state index is 12.3. The van der Waals surface area contributed by atoms with Crippen LogP contribution in [0.3, 0.4) is 0 Å². The number of hydrogen-bond donors (Lipinski definition) is 0. The lowest BCUT2D eigenvalue weighted by Crippen LogP contribution is -2.36. The van der Waals surface area contributed by atoms with E-state index in [0.717, 1.165) is 12.8 Å². The number of carbonyl (C=O) groups is 1. The van der Waals surface area contributed by atoms with E-state index < -0.39 is 4.92 Å². The molecular weight excluding hydrogens is 310 g/mol. The first kappa shape index (κ1) is 18.4. The van der Waals surface area contributed by atoms with Crippen LogP contribution in [0.15, 0.2) is 0 Å². The van der Waals surface area contributed by atoms with Gasteiger partial charge in [-0.25, -0.2) is 0 Å². The summed E-state index contributed by atoms with van der Waals surface area (Å²) in [5.74, 6) is 1.01. The minimum Gasteiger partial charge on any atom is -0.461 e. The summed E-state index contributed by atoms with van der Waals surface area (Å²) in [7, 11) is 0. The van der Waals surface area contributed by atoms with Crippen LogP contribution in [-0.4, -0.2) is 26.8 Å². The standard InChI is InChI=1S/C17H27N3O4/c1-10(2)14-7-6-11(3)8-15(14)24-16(21)9-19-13(5)17(20(22)23)12(4)18-19/h10-11,14-15H,6-9H2,1-5H3/t11-,14-,15-/m1/s1. The Morgan fingerprint density at radius 1 is 1.42 bits per heavy atom. The zero-order valence-corrected chi connectivity index (χ0v) is 15.1. The van der Waals surface area contributed by atoms with Gasteiger partial charge in [-0.15, -0.1) is 0 Å². The molecule has 134 valence electrons. The molecule has 1 aromatic heterocycles. The summed E-state index contributed by atoms with van der Waals surface area (Å²) in [6.45, 7) is 9.59. The molecule has 0 aliphatic heterocycles. The minimum atomic E-state index is -0.461. The molecule has 0 aromatic carbocycles. The van der Waals surface area contributed by atoms with Gasteiger partial charge in [-0.05, 0) is 44.4 Å². The topological polar surface area (TPSA) is 87.3 Å². The molecule has 1 aliphatic carbocycles. The Hall–Kier alpha value is -1.92. The molecule has 1 aromatic rings. The number of aromatic nitrogens is 2. The van der Waals surface area contributed by atoms with Crippen molar-refractivity contribution in [1.29, 1.82) is 0 Å². The zero-order valence-electron chi connectivity index (χ0n) is 15.1. The Balaban J connectivity index is 2.07. The summed E-state index contributed by atoms with van der Waals surface area (Å²) < 4.78 is 7.10. The molecule has 0 saturated heterocycles. The Morgan fingerprint density at radius 3 is 2.62 bits per heavy atom. The highest BCUT2D eigenvalue weighted by atomic mass is 16.6. The molecule has 7 nitrogen and oxygen atoms in total. The lowest BCUT2D eigenvalue weighted by molar-refractivity contribution is -0.386. The average Bonchev–Trinajstić information content (AvgIpc) is 2.72. The van der Waals surface area contributed by atoms with Gasteiger partial charge >= 0.3 is 11.7 Å². The number of rotatable bonds is 5. The molecule has 0 N–H and O–H groups in total. The molecule has 0 amide bonds. The number of hydrogen-bond acceptors (Lipinski definition) is 5. The van der Waals surface area contributed by atoms with Gasteiger partial charge in [0.2, 0.25) is 0 Å². The SMILES string of the molecule is Cc1nn(CC(=O)O[C@@H]2C[C@H](C)CC[C@@H]2C(C)C)c(C)c1[N+](=O)[O-]. The normalized spacial score (nSPS) is 24.2. The van der Waals surface area contributed by atoms with Crippen molar-refractivity contribution in [3.05, 3.63) is 21.5 Å². The fraction of sp³-hybridized carbons (Fsp3) is 0.765. The fourth-order valence-corrected chi connectivity index (χ4v) is 3.68. The van der Waals surface area contributed by atoms with E-state index in [4.69, 9.17) is 4.74 Å². The highest BCUT2D eigenvalue weighted by molar-refractivity contribution is 5.69. The molecule has 1 heterocycles. The average molecular weight is 337 g/mol. The van der Waals surface area contributed by atoms with E-state index in [0.29, 0.717) is 29.1 Å². The zero-order chi connectivity index (χ0) is 18.0. The third-order valence-corrected chi connectivity index (χ3v) is 5.05. The Labute approximate surface area is 142 Å². The second-order valence-corrected chi connectivity index (χ2v) is 7.29. The quantitative estimate of drug-likeness (QED) is 0.467. The Bertz CT molecular complexity index is 624. The summed E-state index contributed by atoms with van der Waals surface area (Å²) in [5.41, 5.74) is 0.665. The second kappa shape index (κ2) is 7.32. The minimum absolute atomic E-state index is 0.0332. The van der Waals surface area contributed by atoms with Crippen LogP contribution in [0.2, 0.25) is 0 Å². The molecule has 1 fully saturated rings. The van der Waals surface area contributed by atoms with E-state index in [1.807, 2.05) is 0 Å². The van der Waals surface area contributed by atoms with Crippen LogP contribution in [0.25, 0.3) is 0 Å². The van der Waals surface area contributed by atoms with E-state index in [1.54, 1.807) is 13.8 Å². The predicted molar refractivity (Wildman–Crippen MR) is 89.6 cm³/mol. The maximum atomic E-state index is 12.3. The Morgan fingerprint density at radius 2 is 2.08 bits per heavy atom. The number of carbonyl (C=O) groups excluding carboxylic acids is 1. The van der Waals surface area contributed by atoms with Gasteiger partial charge in [0.25, 0.3) is 0 Å². The van der Waals surface area contributed by atoms with Crippen molar-refractivity contribution in [3.8, 4) is 0 Å². The lowest BCUT2D eigenvalue weighted by Gasteiger charge is -2.36. The van der Waals surface area contributed by atoms with Gasteiger partial charge in [-0.2, -0.15) is 5.10 Å². The van der Waals surface area contributed by atoms with Crippen LogP contribution >= 0.6 is 0 Å². The largest absolute Gasteiger partial charge is 0.461 e. The molecule has 0 radical (unpaired) electrons. The predicted octanol–water partition coefficient (Wildman–Crippen LogP) is 3.41. The lowest BCUT2D eigenvalue weighted by atomic mass is 9.75. The van der Waals surface area contributed by atoms with E-state index in [-0.39, 0.29) is 24.3 Å². The first-order valence-corrected chi connectivity index (χ1v) is 8.58. The van der Waals surface area contributed by atoms with E-state index in [1.165, 1.54) is 11.1 Å². The molecule has 0 spiro atoms. The van der Waals surface area contributed by atoms with Crippen LogP contribution in [0.4, 0.5) is 5.69 Å². The van der Waals surface area contributed by atoms with Gasteiger partial charge in [0.05, 0.1) is 4.92 Å². The van der Waals surface area contributed by atoms with Gasteiger partial charge in [0.15, 0.2) is 0 Å². The van der Waals surface area contributed by atoms with Crippen molar-refractivity contribution in [1.82, 2.24) is 9.78 Å². The fourth-order valence-electron chi connectivity index (χ4n) is 3.68. The van der Waals surface area contributed by atoms with Crippen LogP contribution in [0.5, 0.6) is 0 Å². The van der Waals surface area contributed by atoms with Crippen LogP contribution in [0, 0.1) is 41.7 Å². The van der Waals surface area contributed by atoms with E-state index in [9.17, 15) is 14.9 Å². The molecule has 7 heteroatoms. The number of aryl methyl sites for hydroxylation is 1. The van der Waals surface area contributed by atoms with Gasteiger partial charge in [0.1, 0.15) is 24.0 Å². The van der Waals surface area contributed by atoms with Crippen LogP contribution in [-0.2, 0) is 16.1 Å². The van der Waals surface area contributed by atoms with Crippen molar-refractivity contribution in [2.45, 2.75) is 66.5 Å². The van der Waals surface area contributed by atoms with Gasteiger partial charge in [-0.3, -0.25) is 19.6 Å². The molecule has 2 rings (SSSR count). The summed E-state index contributed by atoms with van der Waals surface area (Å²) in [5, 5.41) is 15.2. The van der Waals surface area contributed by atoms with Crippen molar-refractivity contribution >= 4 is 11.7 Å². The summed E-state index contributed by atoms with van der Waals surface area (Å²) >= 11 is 0. The van der Waals surface area contributed by atoms with Crippen LogP contribution in [0.1, 0.15) is 51.4 Å². The van der Waals surface area contributed by atoms with Crippen molar-refractivity contribution in [2.75, 3.05) is 0 Å². The second-order valence-electron chi connectivity index (χ2n) is 7.29. The molecular formula is C17H27N3O4. The summed E-state index contributed by atoms with van der Waals surface area (Å²) in [4.78, 5) is 22.9. The third-order valence-electron chi connectivity index (χ3n) is 5.05. The maximum Gasteiger partial charge on any atom is 0.328 e. The highest BCUT2D eigenvalue weighted by Crippen LogP contribution is 2.35. The van der Waals surface area contributed by atoms with E-state index in [2.05, 4.69) is 25.9 Å². The van der Waals surface area contributed by atoms with Gasteiger partial charge in [0, 0.05) is 0 Å². The molecule has 1 aliphatic rings. The highest BCUT2D eigenvalue weighted by Gasteiger charge is 2.33. The molecule has 3 atom stereocenters. The third kappa shape index (κ3) is 3.94. The monoisotopic (exact) mass is 337 g/mol. The van der Waals surface area contributed by atoms with E-state index >= 15 is 0 Å². The number of ether oxygens (including phenoxy) is 1. The van der Waals surface area contributed by atoms with Crippen LogP contribution < -0.4 is 0 Å². The smallest absolute Gasteiger partial charge is 0.328 e. The summed E-state index contributed by atoms with van der Waals surface area (Å²) in [6, 6.07) is 0. The van der Waals surface area contributed by atoms with Crippen molar-refractivity contribution in [3.63, 3.8) is 0 Å². The molecule has 0 bridgehead atoms. The molecule has 1 saturated carbocycles. The number of nitrogens with zero attached hydrogens (tertiary/aromatic N) is 3. The Kier molecular flexibility index (Phi) is 5.62.